The van der Waals surface area contributed by atoms with E-state index in [1.807, 2.05) is 0 Å². The summed E-state index contributed by atoms with van der Waals surface area (Å²) >= 11 is 0. The molecular formula is C19H14N6O7S2. The predicted molar refractivity (Wildman–Crippen MR) is 120 cm³/mol. The number of benzene rings is 2. The van der Waals surface area contributed by atoms with E-state index in [0.717, 1.165) is 12.1 Å². The molecule has 0 heterocycles. The first kappa shape index (κ1) is 24.7. The predicted octanol–water partition coefficient (Wildman–Crippen LogP) is 4.89. The van der Waals surface area contributed by atoms with Gasteiger partial charge in [-0.1, -0.05) is 34.5 Å². The first-order valence-corrected chi connectivity index (χ1v) is 12.1. The number of Topliss-reactive ketones (excluding diaryl/α,β-unsaturated/α-hetero) is 1. The van der Waals surface area contributed by atoms with Crippen LogP contribution in [0.5, 0.6) is 0 Å². The molecule has 1 aliphatic carbocycles. The number of carbonyl (C=O) groups is 1. The molecule has 0 atom stereocenters. The molecule has 0 saturated heterocycles. The van der Waals surface area contributed by atoms with Gasteiger partial charge >= 0.3 is 0 Å². The van der Waals surface area contributed by atoms with Gasteiger partial charge in [0, 0.05) is 32.3 Å². The van der Waals surface area contributed by atoms with Crippen LogP contribution < -0.4 is 0 Å². The summed E-state index contributed by atoms with van der Waals surface area (Å²) in [5.74, 6) is -0.499. The molecule has 2 aromatic carbocycles. The molecule has 2 N–H and O–H groups in total. The average Bonchev–Trinajstić information content (AvgIpc) is 3.08. The highest BCUT2D eigenvalue weighted by atomic mass is 32.2. The molecule has 15 heteroatoms. The van der Waals surface area contributed by atoms with Crippen molar-refractivity contribution in [3.8, 4) is 0 Å². The average molecular weight is 502 g/mol. The van der Waals surface area contributed by atoms with Crippen LogP contribution in [0.1, 0.15) is 24.0 Å². The Morgan fingerprint density at radius 2 is 1.15 bits per heavy atom. The maximum absolute atomic E-state index is 12.9. The number of carbonyl (C=O) groups excluding carboxylic acids is 1. The lowest BCUT2D eigenvalue weighted by atomic mass is 10.1. The van der Waals surface area contributed by atoms with Gasteiger partial charge in [-0.15, -0.1) is 0 Å². The summed E-state index contributed by atoms with van der Waals surface area (Å²) in [7, 11) is -9.42. The number of allylic oxidation sites excluding steroid dienone is 2. The molecule has 0 bridgehead atoms. The van der Waals surface area contributed by atoms with Gasteiger partial charge in [-0.25, -0.2) is 0 Å². The summed E-state index contributed by atoms with van der Waals surface area (Å²) in [4.78, 5) is 16.9. The molecule has 0 spiro atoms. The fourth-order valence-electron chi connectivity index (χ4n) is 3.31. The number of nitrogens with zero attached hydrogens (tertiary/aromatic N) is 6. The van der Waals surface area contributed by atoms with Gasteiger partial charge in [0.15, 0.2) is 5.78 Å². The molecule has 13 nitrogen and oxygen atoms in total. The third-order valence-corrected chi connectivity index (χ3v) is 6.60. The summed E-state index contributed by atoms with van der Waals surface area (Å²) in [6, 6.07) is 7.06. The Kier molecular flexibility index (Phi) is 6.88. The second-order valence-corrected chi connectivity index (χ2v) is 9.72. The van der Waals surface area contributed by atoms with E-state index in [-0.39, 0.29) is 46.5 Å². The number of hydrogen-bond donors (Lipinski definition) is 2. The zero-order valence-electron chi connectivity index (χ0n) is 17.0. The zero-order valence-corrected chi connectivity index (χ0v) is 18.6. The fourth-order valence-corrected chi connectivity index (χ4v) is 4.70. The van der Waals surface area contributed by atoms with E-state index in [4.69, 9.17) is 11.1 Å². The second kappa shape index (κ2) is 9.49. The van der Waals surface area contributed by atoms with E-state index in [1.54, 1.807) is 0 Å². The maximum atomic E-state index is 12.9. The third-order valence-electron chi connectivity index (χ3n) is 4.78. The van der Waals surface area contributed by atoms with Gasteiger partial charge in [0.2, 0.25) is 0 Å². The van der Waals surface area contributed by atoms with Crippen LogP contribution in [0, 0.1) is 0 Å². The molecular weight excluding hydrogens is 488 g/mol. The molecule has 1 fully saturated rings. The molecule has 0 amide bonds. The molecule has 0 unspecified atom stereocenters. The molecule has 0 radical (unpaired) electrons. The Labute approximate surface area is 192 Å². The van der Waals surface area contributed by atoms with Crippen LogP contribution in [0.3, 0.4) is 0 Å². The van der Waals surface area contributed by atoms with Crippen LogP contribution in [-0.2, 0) is 25.0 Å². The van der Waals surface area contributed by atoms with E-state index in [9.17, 15) is 30.7 Å². The monoisotopic (exact) mass is 502 g/mol. The first-order valence-electron chi connectivity index (χ1n) is 9.23. The Morgan fingerprint density at radius 3 is 1.47 bits per heavy atom. The molecule has 2 aromatic rings. The van der Waals surface area contributed by atoms with Crippen molar-refractivity contribution in [1.82, 2.24) is 0 Å². The first-order chi connectivity index (χ1) is 15.9. The van der Waals surface area contributed by atoms with Crippen LogP contribution in [-0.4, -0.2) is 31.7 Å². The van der Waals surface area contributed by atoms with Crippen LogP contribution >= 0.6 is 0 Å². The summed E-state index contributed by atoms with van der Waals surface area (Å²) < 4.78 is 66.1. The smallest absolute Gasteiger partial charge is 0.289 e. The van der Waals surface area contributed by atoms with Crippen molar-refractivity contribution in [3.05, 3.63) is 79.6 Å². The Morgan fingerprint density at radius 1 is 0.765 bits per heavy atom. The molecule has 1 aliphatic rings. The normalized spacial score (nSPS) is 16.4. The van der Waals surface area contributed by atoms with Crippen molar-refractivity contribution in [2.75, 3.05) is 0 Å². The van der Waals surface area contributed by atoms with Crippen molar-refractivity contribution >= 4 is 49.5 Å². The SMILES string of the molecule is [N-]=[N+]=Nc1ccc(/C=C2\CC/C(=C\c3ccc(N=[N+]=[N-])cc3S(=O)(=O)O)C2=O)c(S(=O)(=O)O)c1. The standard InChI is InChI=1S/C19H14N6O7S2/c20-24-22-15-5-3-11(17(9-15)33(27,28)29)7-13-1-2-14(19(13)26)8-12-4-6-16(23-25-21)10-18(12)34(30,31)32/h3-10H,1-2H2,(H,27,28,29)(H,30,31,32)/b13-7+,14-8+. The van der Waals surface area contributed by atoms with Crippen molar-refractivity contribution in [2.45, 2.75) is 22.6 Å². The number of ketones is 1. The quantitative estimate of drug-likeness (QED) is 0.182. The summed E-state index contributed by atoms with van der Waals surface area (Å²) in [6.07, 6.45) is 2.90. The minimum Gasteiger partial charge on any atom is -0.289 e. The van der Waals surface area contributed by atoms with Gasteiger partial charge in [0.25, 0.3) is 20.2 Å². The van der Waals surface area contributed by atoms with Crippen LogP contribution in [0.25, 0.3) is 33.0 Å². The number of azide groups is 2. The van der Waals surface area contributed by atoms with Crippen molar-refractivity contribution in [1.29, 1.82) is 0 Å². The molecule has 34 heavy (non-hydrogen) atoms. The van der Waals surface area contributed by atoms with Gasteiger partial charge in [-0.2, -0.15) is 16.8 Å². The number of hydrogen-bond acceptors (Lipinski definition) is 7. The Balaban J connectivity index is 2.05. The van der Waals surface area contributed by atoms with Crippen LogP contribution in [0.4, 0.5) is 11.4 Å². The summed E-state index contributed by atoms with van der Waals surface area (Å²) in [6.45, 7) is 0. The minimum atomic E-state index is -4.71. The summed E-state index contributed by atoms with van der Waals surface area (Å²) in [5.41, 5.74) is 17.3. The van der Waals surface area contributed by atoms with Gasteiger partial charge in [0.1, 0.15) is 9.79 Å². The van der Waals surface area contributed by atoms with Crippen molar-refractivity contribution < 1.29 is 30.7 Å². The van der Waals surface area contributed by atoms with E-state index < -0.39 is 35.8 Å². The lowest BCUT2D eigenvalue weighted by Gasteiger charge is -2.06. The molecule has 1 saturated carbocycles. The zero-order chi connectivity index (χ0) is 25.1. The molecule has 3 rings (SSSR count). The number of rotatable bonds is 6. The lowest BCUT2D eigenvalue weighted by molar-refractivity contribution is -0.111. The van der Waals surface area contributed by atoms with E-state index >= 15 is 0 Å². The van der Waals surface area contributed by atoms with Gasteiger partial charge in [-0.05, 0) is 59.3 Å². The van der Waals surface area contributed by atoms with Gasteiger partial charge in [-0.3, -0.25) is 13.9 Å². The highest BCUT2D eigenvalue weighted by molar-refractivity contribution is 7.86. The maximum Gasteiger partial charge on any atom is 0.295 e. The van der Waals surface area contributed by atoms with E-state index in [1.165, 1.54) is 36.4 Å². The topological polar surface area (TPSA) is 223 Å². The fraction of sp³-hybridized carbons (Fsp3) is 0.105. The van der Waals surface area contributed by atoms with Crippen molar-refractivity contribution in [2.24, 2.45) is 10.2 Å². The Hall–Kier alpha value is -3.97. The third kappa shape index (κ3) is 5.50. The van der Waals surface area contributed by atoms with E-state index in [0.29, 0.717) is 0 Å². The van der Waals surface area contributed by atoms with E-state index in [2.05, 4.69) is 20.1 Å². The minimum absolute atomic E-state index is 0.0127. The van der Waals surface area contributed by atoms with Crippen LogP contribution in [0.2, 0.25) is 0 Å². The lowest BCUT2D eigenvalue weighted by Crippen LogP contribution is -2.03. The highest BCUT2D eigenvalue weighted by Gasteiger charge is 2.26. The highest BCUT2D eigenvalue weighted by Crippen LogP contribution is 2.33. The molecule has 174 valence electrons. The van der Waals surface area contributed by atoms with Crippen molar-refractivity contribution in [3.63, 3.8) is 0 Å². The van der Waals surface area contributed by atoms with Crippen LogP contribution in [0.15, 0.2) is 67.6 Å². The van der Waals surface area contributed by atoms with Gasteiger partial charge in [0.05, 0.1) is 0 Å². The summed E-state index contributed by atoms with van der Waals surface area (Å²) in [5, 5.41) is 6.57. The molecule has 0 aliphatic heterocycles. The second-order valence-electron chi connectivity index (χ2n) is 6.94. The Bertz CT molecular complexity index is 1460. The van der Waals surface area contributed by atoms with Gasteiger partial charge < -0.3 is 0 Å². The molecule has 0 aromatic heterocycles. The largest absolute Gasteiger partial charge is 0.295 e.